The van der Waals surface area contributed by atoms with Crippen LogP contribution in [-0.2, 0) is 14.4 Å². The van der Waals surface area contributed by atoms with Crippen LogP contribution in [0.1, 0.15) is 92.9 Å². The Balaban J connectivity index is 1.72. The highest BCUT2D eigenvalue weighted by Crippen LogP contribution is 2.73. The molecule has 2 N–H and O–H groups in total. The summed E-state index contributed by atoms with van der Waals surface area (Å²) in [5.41, 5.74) is -1.14. The number of carbonyl (C=O) groups excluding carboxylic acids is 2. The molecule has 5 nitrogen and oxygen atoms in total. The van der Waals surface area contributed by atoms with E-state index in [0.717, 1.165) is 19.3 Å². The standard InChI is InChI=1S/C27H42O5/c1-15(7-8-21(31)32)16-9-12-26(5)23-17(28)13-19-24(2,3)20(30)10-11-25(19,4)22(23)18(29)14-27(16,26)6/h15-16,19-20,22-23,30H,7-14H2,1-6H3,(H,31,32)/t15-,16+,19-,20-,22-,23+,25-,26-,27+/m0/s1. The molecule has 0 unspecified atom stereocenters. The smallest absolute Gasteiger partial charge is 0.303 e. The first-order chi connectivity index (χ1) is 14.7. The lowest BCUT2D eigenvalue weighted by atomic mass is 9.37. The number of fused-ring (bicyclic) bond motifs is 5. The van der Waals surface area contributed by atoms with Gasteiger partial charge in [-0.05, 0) is 71.5 Å². The third-order valence-electron chi connectivity index (χ3n) is 11.5. The zero-order valence-corrected chi connectivity index (χ0v) is 20.7. The molecule has 0 aromatic rings. The first kappa shape index (κ1) is 23.9. The molecule has 0 aliphatic heterocycles. The molecule has 5 heteroatoms. The van der Waals surface area contributed by atoms with E-state index in [9.17, 15) is 19.5 Å². The van der Waals surface area contributed by atoms with Crippen LogP contribution in [0.15, 0.2) is 0 Å². The van der Waals surface area contributed by atoms with Gasteiger partial charge >= 0.3 is 5.97 Å². The summed E-state index contributed by atoms with van der Waals surface area (Å²) in [6, 6.07) is 0. The molecule has 32 heavy (non-hydrogen) atoms. The van der Waals surface area contributed by atoms with E-state index in [0.29, 0.717) is 25.7 Å². The average molecular weight is 447 g/mol. The van der Waals surface area contributed by atoms with Crippen LogP contribution >= 0.6 is 0 Å². The van der Waals surface area contributed by atoms with Crippen molar-refractivity contribution in [2.75, 3.05) is 0 Å². The second kappa shape index (κ2) is 7.38. The Bertz CT molecular complexity index is 832. The third-order valence-corrected chi connectivity index (χ3v) is 11.5. The van der Waals surface area contributed by atoms with Crippen LogP contribution < -0.4 is 0 Å². The number of carboxylic acid groups (broad SMARTS) is 1. The molecule has 4 aliphatic carbocycles. The molecule has 0 spiro atoms. The second-order valence-electron chi connectivity index (χ2n) is 13.1. The number of hydrogen-bond donors (Lipinski definition) is 2. The van der Waals surface area contributed by atoms with Gasteiger partial charge in [0.25, 0.3) is 0 Å². The molecule has 4 saturated carbocycles. The minimum atomic E-state index is -0.772. The number of aliphatic carboxylic acids is 1. The minimum absolute atomic E-state index is 0.0242. The van der Waals surface area contributed by atoms with Gasteiger partial charge in [-0.2, -0.15) is 0 Å². The van der Waals surface area contributed by atoms with E-state index in [2.05, 4.69) is 41.5 Å². The topological polar surface area (TPSA) is 91.7 Å². The van der Waals surface area contributed by atoms with Crippen LogP contribution in [0.2, 0.25) is 0 Å². The van der Waals surface area contributed by atoms with Crippen molar-refractivity contribution in [3.8, 4) is 0 Å². The van der Waals surface area contributed by atoms with E-state index in [4.69, 9.17) is 5.11 Å². The summed E-state index contributed by atoms with van der Waals surface area (Å²) in [7, 11) is 0. The van der Waals surface area contributed by atoms with E-state index in [1.54, 1.807) is 0 Å². The number of aliphatic hydroxyl groups excluding tert-OH is 1. The van der Waals surface area contributed by atoms with Crippen molar-refractivity contribution in [3.05, 3.63) is 0 Å². The summed E-state index contributed by atoms with van der Waals surface area (Å²) in [5.74, 6) is -0.320. The highest BCUT2D eigenvalue weighted by molar-refractivity contribution is 5.94. The lowest BCUT2D eigenvalue weighted by molar-refractivity contribution is -0.200. The highest BCUT2D eigenvalue weighted by Gasteiger charge is 2.72. The lowest BCUT2D eigenvalue weighted by Crippen LogP contribution is -2.66. The van der Waals surface area contributed by atoms with Gasteiger partial charge in [0, 0.05) is 31.1 Å². The molecule has 9 atom stereocenters. The zero-order chi connectivity index (χ0) is 23.9. The first-order valence-electron chi connectivity index (χ1n) is 12.7. The lowest BCUT2D eigenvalue weighted by Gasteiger charge is -2.65. The maximum Gasteiger partial charge on any atom is 0.303 e. The van der Waals surface area contributed by atoms with Crippen molar-refractivity contribution in [1.29, 1.82) is 0 Å². The predicted octanol–water partition coefficient (Wildman–Crippen LogP) is 4.89. The average Bonchev–Trinajstić information content (AvgIpc) is 2.96. The van der Waals surface area contributed by atoms with Gasteiger partial charge in [-0.15, -0.1) is 0 Å². The van der Waals surface area contributed by atoms with Gasteiger partial charge in [0.05, 0.1) is 6.10 Å². The van der Waals surface area contributed by atoms with Crippen molar-refractivity contribution in [2.45, 2.75) is 99.0 Å². The van der Waals surface area contributed by atoms with Crippen LogP contribution in [0, 0.1) is 51.2 Å². The number of carbonyl (C=O) groups is 3. The summed E-state index contributed by atoms with van der Waals surface area (Å²) >= 11 is 0. The van der Waals surface area contributed by atoms with Crippen LogP contribution in [0.25, 0.3) is 0 Å². The van der Waals surface area contributed by atoms with Crippen LogP contribution in [0.5, 0.6) is 0 Å². The SMILES string of the molecule is C[C@@H](CCC(=O)O)[C@H]1CC[C@@]2(C)[C@@H]3C(=O)C[C@H]4C(C)(C)[C@@H](O)CC[C@]4(C)[C@H]3C(=O)C[C@]12C. The van der Waals surface area contributed by atoms with Crippen LogP contribution in [0.4, 0.5) is 0 Å². The molecule has 0 saturated heterocycles. The molecule has 0 radical (unpaired) electrons. The zero-order valence-electron chi connectivity index (χ0n) is 20.7. The third kappa shape index (κ3) is 3.02. The summed E-state index contributed by atoms with van der Waals surface area (Å²) < 4.78 is 0. The summed E-state index contributed by atoms with van der Waals surface area (Å²) in [5, 5.41) is 19.9. The van der Waals surface area contributed by atoms with Crippen LogP contribution in [-0.4, -0.2) is 33.9 Å². The number of aliphatic hydroxyl groups is 1. The fourth-order valence-corrected chi connectivity index (χ4v) is 9.38. The monoisotopic (exact) mass is 446 g/mol. The van der Waals surface area contributed by atoms with Gasteiger partial charge in [-0.3, -0.25) is 14.4 Å². The van der Waals surface area contributed by atoms with E-state index in [1.165, 1.54) is 0 Å². The molecular weight excluding hydrogens is 404 g/mol. The van der Waals surface area contributed by atoms with Gasteiger partial charge < -0.3 is 10.2 Å². The maximum atomic E-state index is 13.9. The minimum Gasteiger partial charge on any atom is -0.481 e. The fraction of sp³-hybridized carbons (Fsp3) is 0.889. The number of carboxylic acids is 1. The Hall–Kier alpha value is -1.23. The molecule has 180 valence electrons. The highest BCUT2D eigenvalue weighted by atomic mass is 16.4. The Morgan fingerprint density at radius 3 is 2.28 bits per heavy atom. The van der Waals surface area contributed by atoms with Crippen molar-refractivity contribution in [2.24, 2.45) is 51.2 Å². The summed E-state index contributed by atoms with van der Waals surface area (Å²) in [4.78, 5) is 38.9. The van der Waals surface area contributed by atoms with Gasteiger partial charge in [0.2, 0.25) is 0 Å². The molecule has 4 fully saturated rings. The largest absolute Gasteiger partial charge is 0.481 e. The summed E-state index contributed by atoms with van der Waals surface area (Å²) in [6.45, 7) is 13.0. The number of Topliss-reactive ketones (excluding diaryl/α,β-unsaturated/α-hetero) is 2. The number of hydrogen-bond acceptors (Lipinski definition) is 4. The second-order valence-corrected chi connectivity index (χ2v) is 13.1. The van der Waals surface area contributed by atoms with E-state index >= 15 is 0 Å². The molecule has 4 rings (SSSR count). The normalized spacial score (nSPS) is 48.5. The maximum absolute atomic E-state index is 13.9. The van der Waals surface area contributed by atoms with Gasteiger partial charge in [0.1, 0.15) is 11.6 Å². The number of ketones is 2. The molecule has 0 aromatic carbocycles. The quantitative estimate of drug-likeness (QED) is 0.641. The van der Waals surface area contributed by atoms with Crippen molar-refractivity contribution < 1.29 is 24.6 Å². The van der Waals surface area contributed by atoms with Crippen molar-refractivity contribution in [3.63, 3.8) is 0 Å². The fourth-order valence-electron chi connectivity index (χ4n) is 9.38. The molecule has 0 aromatic heterocycles. The van der Waals surface area contributed by atoms with Gasteiger partial charge in [-0.25, -0.2) is 0 Å². The predicted molar refractivity (Wildman–Crippen MR) is 122 cm³/mol. The van der Waals surface area contributed by atoms with Gasteiger partial charge in [-0.1, -0.05) is 41.5 Å². The van der Waals surface area contributed by atoms with Crippen molar-refractivity contribution >= 4 is 17.5 Å². The van der Waals surface area contributed by atoms with E-state index in [1.807, 2.05) is 0 Å². The molecule has 0 heterocycles. The van der Waals surface area contributed by atoms with E-state index in [-0.39, 0.29) is 69.2 Å². The van der Waals surface area contributed by atoms with Crippen molar-refractivity contribution in [1.82, 2.24) is 0 Å². The van der Waals surface area contributed by atoms with Crippen LogP contribution in [0.3, 0.4) is 0 Å². The first-order valence-corrected chi connectivity index (χ1v) is 12.7. The molecule has 4 aliphatic rings. The molecule has 0 amide bonds. The molecular formula is C27H42O5. The Morgan fingerprint density at radius 2 is 1.66 bits per heavy atom. The number of rotatable bonds is 4. The van der Waals surface area contributed by atoms with Gasteiger partial charge in [0.15, 0.2) is 0 Å². The molecule has 0 bridgehead atoms. The Morgan fingerprint density at radius 1 is 1.00 bits per heavy atom. The Labute approximate surface area is 192 Å². The Kier molecular flexibility index (Phi) is 5.52. The summed E-state index contributed by atoms with van der Waals surface area (Å²) in [6.07, 6.45) is 4.66. The van der Waals surface area contributed by atoms with E-state index < -0.39 is 12.1 Å².